The molecule has 2 bridgehead atoms. The highest BCUT2D eigenvalue weighted by atomic mass is 16.5. The Bertz CT molecular complexity index is 2380. The van der Waals surface area contributed by atoms with Gasteiger partial charge in [0.25, 0.3) is 0 Å². The Balaban J connectivity index is 1.22. The van der Waals surface area contributed by atoms with Gasteiger partial charge in [0.2, 0.25) is 0 Å². The summed E-state index contributed by atoms with van der Waals surface area (Å²) in [5.41, 5.74) is 10.2. The van der Waals surface area contributed by atoms with Crippen LogP contribution >= 0.6 is 0 Å². The lowest BCUT2D eigenvalue weighted by Crippen LogP contribution is -2.38. The molecule has 7 nitrogen and oxygen atoms in total. The molecule has 4 atom stereocenters. The molecule has 3 fully saturated rings. The molecule has 5 aromatic rings. The third-order valence-electron chi connectivity index (χ3n) is 13.6. The highest BCUT2D eigenvalue weighted by Crippen LogP contribution is 2.69. The summed E-state index contributed by atoms with van der Waals surface area (Å²) < 4.78 is 37.7. The summed E-state index contributed by atoms with van der Waals surface area (Å²) in [5.74, 6) is 5.53. The van der Waals surface area contributed by atoms with Crippen molar-refractivity contribution < 1.29 is 28.4 Å². The van der Waals surface area contributed by atoms with E-state index in [1.165, 1.54) is 64.5 Å². The summed E-state index contributed by atoms with van der Waals surface area (Å²) in [5, 5.41) is 2.33. The minimum Gasteiger partial charge on any atom is -0.497 e. The zero-order valence-corrected chi connectivity index (χ0v) is 31.2. The molecule has 6 aliphatic rings. The Morgan fingerprint density at radius 1 is 0.796 bits per heavy atom. The maximum Gasteiger partial charge on any atom is 0.178 e. The van der Waals surface area contributed by atoms with E-state index >= 15 is 0 Å². The molecule has 0 amide bonds. The molecule has 0 radical (unpaired) electrons. The number of anilines is 1. The second kappa shape index (κ2) is 11.9. The van der Waals surface area contributed by atoms with Gasteiger partial charge in [-0.25, -0.2) is 0 Å². The van der Waals surface area contributed by atoms with Crippen LogP contribution in [0, 0.1) is 11.8 Å². The molecule has 3 heterocycles. The second-order valence-corrected chi connectivity index (χ2v) is 15.9. The minimum atomic E-state index is -0.955. The van der Waals surface area contributed by atoms with Gasteiger partial charge in [-0.15, -0.1) is 0 Å². The number of hydrogen-bond acceptors (Lipinski definition) is 7. The van der Waals surface area contributed by atoms with Crippen molar-refractivity contribution in [2.75, 3.05) is 59.1 Å². The SMILES string of the molecule is COc1ccc(C2(c3ccc(OC)c(N4CCOCC4)c3)C=Cc3c4c(c5c6c(c(OC)cc5c3O2)OCC6)-c2ccccc2C42CC3CCC2C3)cc1. The molecule has 5 aromatic carbocycles. The fourth-order valence-corrected chi connectivity index (χ4v) is 11.4. The first-order chi connectivity index (χ1) is 26.6. The number of hydrogen-bond donors (Lipinski definition) is 0. The van der Waals surface area contributed by atoms with Gasteiger partial charge in [0.05, 0.1) is 46.8 Å². The fraction of sp³-hybridized carbons (Fsp3) is 0.362. The van der Waals surface area contributed by atoms with Crippen LogP contribution < -0.4 is 28.6 Å². The van der Waals surface area contributed by atoms with Gasteiger partial charge >= 0.3 is 0 Å². The van der Waals surface area contributed by atoms with Crippen LogP contribution in [0.2, 0.25) is 0 Å². The predicted molar refractivity (Wildman–Crippen MR) is 211 cm³/mol. The van der Waals surface area contributed by atoms with E-state index in [-0.39, 0.29) is 5.41 Å². The topological polar surface area (TPSA) is 58.6 Å². The maximum absolute atomic E-state index is 7.85. The van der Waals surface area contributed by atoms with Gasteiger partial charge in [0, 0.05) is 58.0 Å². The first-order valence-electron chi connectivity index (χ1n) is 19.6. The zero-order chi connectivity index (χ0) is 36.2. The lowest BCUT2D eigenvalue weighted by molar-refractivity contribution is 0.122. The van der Waals surface area contributed by atoms with Gasteiger partial charge in [0.15, 0.2) is 17.1 Å². The molecule has 54 heavy (non-hydrogen) atoms. The molecule has 0 aromatic heterocycles. The molecule has 4 unspecified atom stereocenters. The first kappa shape index (κ1) is 32.3. The van der Waals surface area contributed by atoms with Gasteiger partial charge in [-0.2, -0.15) is 0 Å². The molecular weight excluding hydrogens is 675 g/mol. The first-order valence-corrected chi connectivity index (χ1v) is 19.6. The van der Waals surface area contributed by atoms with Gasteiger partial charge in [0.1, 0.15) is 17.2 Å². The third-order valence-corrected chi connectivity index (χ3v) is 13.6. The molecule has 1 saturated heterocycles. The largest absolute Gasteiger partial charge is 0.497 e. The van der Waals surface area contributed by atoms with Crippen molar-refractivity contribution in [3.05, 3.63) is 112 Å². The van der Waals surface area contributed by atoms with Gasteiger partial charge in [-0.05, 0) is 89.8 Å². The average molecular weight is 720 g/mol. The Morgan fingerprint density at radius 2 is 1.61 bits per heavy atom. The van der Waals surface area contributed by atoms with Gasteiger partial charge < -0.3 is 33.3 Å². The van der Waals surface area contributed by atoms with E-state index in [4.69, 9.17) is 28.4 Å². The Morgan fingerprint density at radius 3 is 2.37 bits per heavy atom. The minimum absolute atomic E-state index is 0.0448. The summed E-state index contributed by atoms with van der Waals surface area (Å²) in [4.78, 5) is 2.36. The molecule has 1 spiro atoms. The molecule has 7 heteroatoms. The number of rotatable bonds is 6. The van der Waals surface area contributed by atoms with Gasteiger partial charge in [-0.1, -0.05) is 55.0 Å². The Kier molecular flexibility index (Phi) is 7.14. The van der Waals surface area contributed by atoms with Crippen molar-refractivity contribution in [2.45, 2.75) is 43.1 Å². The van der Waals surface area contributed by atoms with E-state index in [0.29, 0.717) is 25.7 Å². The third kappa shape index (κ3) is 4.27. The number of methoxy groups -OCH3 is 3. The number of morpholine rings is 1. The Hall–Kier alpha value is -5.14. The van der Waals surface area contributed by atoms with Crippen LogP contribution in [-0.4, -0.2) is 54.2 Å². The van der Waals surface area contributed by atoms with Crippen LogP contribution in [0.5, 0.6) is 28.7 Å². The lowest BCUT2D eigenvalue weighted by Gasteiger charge is -2.41. The van der Waals surface area contributed by atoms with Crippen molar-refractivity contribution in [1.82, 2.24) is 0 Å². The van der Waals surface area contributed by atoms with E-state index in [1.807, 2.05) is 12.1 Å². The molecule has 11 rings (SSSR count). The second-order valence-electron chi connectivity index (χ2n) is 15.9. The molecule has 0 N–H and O–H groups in total. The summed E-state index contributed by atoms with van der Waals surface area (Å²) in [6.45, 7) is 3.59. The highest BCUT2D eigenvalue weighted by Gasteiger charge is 2.59. The summed E-state index contributed by atoms with van der Waals surface area (Å²) in [6.07, 6.45) is 10.6. The molecule has 3 aliphatic heterocycles. The van der Waals surface area contributed by atoms with Crippen molar-refractivity contribution in [2.24, 2.45) is 11.8 Å². The quantitative estimate of drug-likeness (QED) is 0.174. The molecular formula is C47H45NO6. The van der Waals surface area contributed by atoms with E-state index in [2.05, 4.69) is 77.7 Å². The van der Waals surface area contributed by atoms with E-state index < -0.39 is 5.60 Å². The van der Waals surface area contributed by atoms with Crippen LogP contribution in [0.1, 0.15) is 59.1 Å². The fourth-order valence-electron chi connectivity index (χ4n) is 11.4. The lowest BCUT2D eigenvalue weighted by atomic mass is 9.65. The number of nitrogens with zero attached hydrogens (tertiary/aromatic N) is 1. The van der Waals surface area contributed by atoms with Crippen molar-refractivity contribution >= 4 is 22.5 Å². The monoisotopic (exact) mass is 719 g/mol. The maximum atomic E-state index is 7.85. The number of benzene rings is 5. The summed E-state index contributed by atoms with van der Waals surface area (Å²) in [6, 6.07) is 26.3. The van der Waals surface area contributed by atoms with Gasteiger partial charge in [-0.3, -0.25) is 0 Å². The van der Waals surface area contributed by atoms with Crippen molar-refractivity contribution in [3.63, 3.8) is 0 Å². The zero-order valence-electron chi connectivity index (χ0n) is 31.2. The van der Waals surface area contributed by atoms with Crippen molar-refractivity contribution in [1.29, 1.82) is 0 Å². The molecule has 274 valence electrons. The van der Waals surface area contributed by atoms with Crippen molar-refractivity contribution in [3.8, 4) is 39.9 Å². The molecule has 2 saturated carbocycles. The highest BCUT2D eigenvalue weighted by molar-refractivity contribution is 6.11. The van der Waals surface area contributed by atoms with Crippen LogP contribution in [0.4, 0.5) is 5.69 Å². The average Bonchev–Trinajstić information content (AvgIpc) is 4.05. The smallest absolute Gasteiger partial charge is 0.178 e. The van der Waals surface area contributed by atoms with E-state index in [0.717, 1.165) is 76.4 Å². The van der Waals surface area contributed by atoms with E-state index in [1.54, 1.807) is 21.3 Å². The number of fused-ring (bicyclic) bond motifs is 15. The standard InChI is InChI=1S/C47H45NO6/c1-49-32-13-10-29(11-14-32)47(31-12-15-39(50-2)38(25-31)48-19-22-52-23-20-48)18-16-35-43-42(33-6-4-5-7-37(33)46(43)27-28-8-9-30(46)24-28)41-34-17-21-53-45(34)40(51-3)26-36(41)44(35)54-47/h4-7,10-16,18,25-26,28,30H,8-9,17,19-24,27H2,1-3H3. The normalized spacial score (nSPS) is 25.6. The van der Waals surface area contributed by atoms with Crippen LogP contribution in [-0.2, 0) is 22.2 Å². The van der Waals surface area contributed by atoms with Crippen LogP contribution in [0.3, 0.4) is 0 Å². The van der Waals surface area contributed by atoms with E-state index in [9.17, 15) is 0 Å². The molecule has 3 aliphatic carbocycles. The van der Waals surface area contributed by atoms with Crippen LogP contribution in [0.15, 0.2) is 78.9 Å². The predicted octanol–water partition coefficient (Wildman–Crippen LogP) is 9.07. The van der Waals surface area contributed by atoms with Crippen LogP contribution in [0.25, 0.3) is 28.0 Å². The number of ether oxygens (including phenoxy) is 6. The Labute approximate surface area is 316 Å². The summed E-state index contributed by atoms with van der Waals surface area (Å²) >= 11 is 0. The summed E-state index contributed by atoms with van der Waals surface area (Å²) in [7, 11) is 5.20.